The summed E-state index contributed by atoms with van der Waals surface area (Å²) >= 11 is 1.14. The van der Waals surface area contributed by atoms with Gasteiger partial charge in [-0.1, -0.05) is 23.9 Å². The topological polar surface area (TPSA) is 107 Å². The Morgan fingerprint density at radius 3 is 2.69 bits per heavy atom. The zero-order chi connectivity index (χ0) is 18.9. The summed E-state index contributed by atoms with van der Waals surface area (Å²) in [6.45, 7) is 0. The molecule has 0 aliphatic carbocycles. The minimum atomic E-state index is -3.23. The minimum absolute atomic E-state index is 0.0504. The van der Waals surface area contributed by atoms with Crippen LogP contribution in [0.5, 0.6) is 0 Å². The molecule has 1 aromatic carbocycles. The third kappa shape index (κ3) is 4.07. The molecule has 0 saturated carbocycles. The average molecular weight is 399 g/mol. The fraction of sp³-hybridized carbons (Fsp3) is 0.438. The smallest absolute Gasteiger partial charge is 0.248 e. The Kier molecular flexibility index (Phi) is 5.33. The maximum absolute atomic E-state index is 14.3. The number of aliphatic imine (C=N–C) groups is 1. The number of para-hydroxylation sites is 1. The second-order valence-electron chi connectivity index (χ2n) is 6.14. The van der Waals surface area contributed by atoms with Gasteiger partial charge in [0.2, 0.25) is 5.91 Å². The van der Waals surface area contributed by atoms with Gasteiger partial charge in [0.05, 0.1) is 23.2 Å². The molecule has 2 heterocycles. The number of amidine groups is 1. The highest BCUT2D eigenvalue weighted by molar-refractivity contribution is 8.16. The number of nitrogens with zero attached hydrogens (tertiary/aromatic N) is 2. The van der Waals surface area contributed by atoms with Crippen molar-refractivity contribution in [2.45, 2.75) is 30.6 Å². The standard InChI is InChI=1S/C16H17FN2O5S2/c17-10-4-1-2-5-11(10)19-12-8-26(23,24)9-13(12)25-16(19)18-14(20)6-3-7-15(21)22/h1-2,4-5,12-13H,3,6-9H2,(H,21,22)/p-1/t12-,13-/m0/s1. The van der Waals surface area contributed by atoms with Crippen LogP contribution in [-0.2, 0) is 19.4 Å². The van der Waals surface area contributed by atoms with Crippen LogP contribution in [-0.4, -0.2) is 48.3 Å². The van der Waals surface area contributed by atoms with Gasteiger partial charge in [0.1, 0.15) is 5.82 Å². The molecule has 0 radical (unpaired) electrons. The predicted molar refractivity (Wildman–Crippen MR) is 94.0 cm³/mol. The summed E-state index contributed by atoms with van der Waals surface area (Å²) in [7, 11) is -3.23. The monoisotopic (exact) mass is 399 g/mol. The minimum Gasteiger partial charge on any atom is -0.550 e. The molecule has 0 N–H and O–H groups in total. The Morgan fingerprint density at radius 1 is 1.27 bits per heavy atom. The lowest BCUT2D eigenvalue weighted by atomic mass is 10.2. The quantitative estimate of drug-likeness (QED) is 0.703. The van der Waals surface area contributed by atoms with Gasteiger partial charge in [-0.2, -0.15) is 4.99 Å². The molecule has 2 aliphatic heterocycles. The molecule has 7 nitrogen and oxygen atoms in total. The maximum atomic E-state index is 14.3. The molecule has 1 amide bonds. The molecule has 0 spiro atoms. The van der Waals surface area contributed by atoms with Gasteiger partial charge in [-0.05, 0) is 25.0 Å². The predicted octanol–water partition coefficient (Wildman–Crippen LogP) is 0.347. The third-order valence-electron chi connectivity index (χ3n) is 4.17. The van der Waals surface area contributed by atoms with Crippen molar-refractivity contribution in [3.63, 3.8) is 0 Å². The zero-order valence-corrected chi connectivity index (χ0v) is 15.3. The van der Waals surface area contributed by atoms with E-state index >= 15 is 0 Å². The van der Waals surface area contributed by atoms with Crippen LogP contribution >= 0.6 is 11.8 Å². The van der Waals surface area contributed by atoms with Crippen molar-refractivity contribution in [3.05, 3.63) is 30.1 Å². The summed E-state index contributed by atoms with van der Waals surface area (Å²) in [5, 5.41) is 10.3. The first-order chi connectivity index (χ1) is 12.3. The number of fused-ring (bicyclic) bond motifs is 1. The number of benzene rings is 1. The van der Waals surface area contributed by atoms with Gasteiger partial charge in [-0.15, -0.1) is 0 Å². The van der Waals surface area contributed by atoms with Crippen LogP contribution in [0.15, 0.2) is 29.3 Å². The second-order valence-corrected chi connectivity index (χ2v) is 9.50. The molecular formula is C16H16FN2O5S2-. The number of anilines is 1. The van der Waals surface area contributed by atoms with Crippen molar-refractivity contribution in [2.24, 2.45) is 4.99 Å². The van der Waals surface area contributed by atoms with Gasteiger partial charge in [0.15, 0.2) is 15.0 Å². The van der Waals surface area contributed by atoms with E-state index in [2.05, 4.69) is 4.99 Å². The van der Waals surface area contributed by atoms with E-state index in [9.17, 15) is 27.5 Å². The number of carboxylic acid groups (broad SMARTS) is 1. The highest BCUT2D eigenvalue weighted by Gasteiger charge is 2.49. The van der Waals surface area contributed by atoms with Crippen LogP contribution in [0.1, 0.15) is 19.3 Å². The largest absolute Gasteiger partial charge is 0.550 e. The first kappa shape index (κ1) is 18.8. The van der Waals surface area contributed by atoms with Gasteiger partial charge < -0.3 is 14.8 Å². The number of rotatable bonds is 5. The number of hydrogen-bond donors (Lipinski definition) is 0. The molecule has 0 aromatic heterocycles. The molecule has 2 saturated heterocycles. The Hall–Kier alpha value is -1.94. The molecule has 0 unspecified atom stereocenters. The van der Waals surface area contributed by atoms with Crippen molar-refractivity contribution in [2.75, 3.05) is 16.4 Å². The molecule has 2 atom stereocenters. The van der Waals surface area contributed by atoms with E-state index in [0.717, 1.165) is 11.8 Å². The molecular weight excluding hydrogens is 383 g/mol. The van der Waals surface area contributed by atoms with Crippen molar-refractivity contribution >= 4 is 44.3 Å². The van der Waals surface area contributed by atoms with Gasteiger partial charge in [0, 0.05) is 17.6 Å². The molecule has 2 fully saturated rings. The van der Waals surface area contributed by atoms with Crippen LogP contribution in [0, 0.1) is 5.82 Å². The van der Waals surface area contributed by atoms with Gasteiger partial charge >= 0.3 is 0 Å². The van der Waals surface area contributed by atoms with Crippen LogP contribution in [0.2, 0.25) is 0 Å². The number of sulfone groups is 1. The highest BCUT2D eigenvalue weighted by atomic mass is 32.2. The van der Waals surface area contributed by atoms with Gasteiger partial charge in [-0.3, -0.25) is 4.79 Å². The summed E-state index contributed by atoms with van der Waals surface area (Å²) < 4.78 is 38.2. The van der Waals surface area contributed by atoms with Crippen molar-refractivity contribution in [1.29, 1.82) is 0 Å². The lowest BCUT2D eigenvalue weighted by molar-refractivity contribution is -0.305. The van der Waals surface area contributed by atoms with Crippen LogP contribution in [0.25, 0.3) is 0 Å². The van der Waals surface area contributed by atoms with Gasteiger partial charge in [0.25, 0.3) is 0 Å². The van der Waals surface area contributed by atoms with Crippen molar-refractivity contribution in [1.82, 2.24) is 0 Å². The number of aliphatic carboxylic acids is 1. The molecule has 0 bridgehead atoms. The summed E-state index contributed by atoms with van der Waals surface area (Å²) in [5.74, 6) is -2.48. The van der Waals surface area contributed by atoms with Crippen molar-refractivity contribution in [3.8, 4) is 0 Å². The maximum Gasteiger partial charge on any atom is 0.248 e. The van der Waals surface area contributed by atoms with Gasteiger partial charge in [-0.25, -0.2) is 12.8 Å². The Bertz CT molecular complexity index is 871. The Labute approximate surface area is 154 Å². The average Bonchev–Trinajstić information content (AvgIpc) is 2.98. The SMILES string of the molecule is O=C([O-])CCCC(=O)N=C1S[C@H]2CS(=O)(=O)C[C@@H]2N1c1ccccc1F. The zero-order valence-electron chi connectivity index (χ0n) is 13.6. The van der Waals surface area contributed by atoms with E-state index < -0.39 is 33.6 Å². The van der Waals surface area contributed by atoms with E-state index in [0.29, 0.717) is 0 Å². The number of hydrogen-bond acceptors (Lipinski definition) is 6. The van der Waals surface area contributed by atoms with E-state index in [1.165, 1.54) is 23.1 Å². The normalized spacial score (nSPS) is 25.4. The van der Waals surface area contributed by atoms with Crippen molar-refractivity contribution < 1.29 is 27.5 Å². The molecule has 26 heavy (non-hydrogen) atoms. The third-order valence-corrected chi connectivity index (χ3v) is 7.38. The van der Waals surface area contributed by atoms with E-state index in [1.807, 2.05) is 0 Å². The number of halogens is 1. The molecule has 2 aliphatic rings. The fourth-order valence-electron chi connectivity index (χ4n) is 3.04. The van der Waals surface area contributed by atoms with Crippen LogP contribution in [0.3, 0.4) is 0 Å². The fourth-order valence-corrected chi connectivity index (χ4v) is 6.96. The summed E-state index contributed by atoms with van der Waals surface area (Å²) in [5.41, 5.74) is 0.172. The van der Waals surface area contributed by atoms with E-state index in [-0.39, 0.29) is 46.9 Å². The lowest BCUT2D eigenvalue weighted by Gasteiger charge is -2.24. The van der Waals surface area contributed by atoms with Crippen LogP contribution in [0.4, 0.5) is 10.1 Å². The lowest BCUT2D eigenvalue weighted by Crippen LogP contribution is -2.38. The number of carbonyl (C=O) groups excluding carboxylic acids is 2. The first-order valence-electron chi connectivity index (χ1n) is 7.99. The molecule has 3 rings (SSSR count). The van der Waals surface area contributed by atoms with E-state index in [1.54, 1.807) is 6.07 Å². The molecule has 1 aromatic rings. The van der Waals surface area contributed by atoms with Crippen LogP contribution < -0.4 is 10.0 Å². The first-order valence-corrected chi connectivity index (χ1v) is 10.7. The number of carboxylic acids is 1. The molecule has 140 valence electrons. The van der Waals surface area contributed by atoms with E-state index in [4.69, 9.17) is 0 Å². The second kappa shape index (κ2) is 7.36. The molecule has 10 heteroatoms. The highest BCUT2D eigenvalue weighted by Crippen LogP contribution is 2.41. The Morgan fingerprint density at radius 2 is 2.00 bits per heavy atom. The Balaban J connectivity index is 1.87. The number of amides is 1. The summed E-state index contributed by atoms with van der Waals surface area (Å²) in [6, 6.07) is 5.43. The number of thioether (sulfide) groups is 1. The number of carbonyl (C=O) groups is 2. The summed E-state index contributed by atoms with van der Waals surface area (Å²) in [6.07, 6.45) is -0.218. The summed E-state index contributed by atoms with van der Waals surface area (Å²) in [4.78, 5) is 27.9.